The lowest BCUT2D eigenvalue weighted by atomic mass is 10.1. The summed E-state index contributed by atoms with van der Waals surface area (Å²) in [4.78, 5) is 45.1. The zero-order chi connectivity index (χ0) is 21.0. The normalized spacial score (nSPS) is 10.7. The summed E-state index contributed by atoms with van der Waals surface area (Å²) in [6.07, 6.45) is 1.45. The Bertz CT molecular complexity index is 1090. The Hall–Kier alpha value is -2.98. The van der Waals surface area contributed by atoms with Gasteiger partial charge in [-0.05, 0) is 25.5 Å². The molecule has 2 heterocycles. The van der Waals surface area contributed by atoms with Crippen LogP contribution >= 0.6 is 23.1 Å². The highest BCUT2D eigenvalue weighted by Gasteiger charge is 2.25. The number of hydrogen-bond acceptors (Lipinski definition) is 8. The van der Waals surface area contributed by atoms with Crippen molar-refractivity contribution in [1.29, 1.82) is 0 Å². The molecule has 0 aliphatic rings. The third kappa shape index (κ3) is 4.54. The van der Waals surface area contributed by atoms with E-state index in [1.807, 2.05) is 24.3 Å². The van der Waals surface area contributed by atoms with Gasteiger partial charge in [-0.15, -0.1) is 11.3 Å². The third-order valence-electron chi connectivity index (χ3n) is 3.95. The lowest BCUT2D eigenvalue weighted by molar-refractivity contribution is -0.113. The van der Waals surface area contributed by atoms with Gasteiger partial charge in [0.25, 0.3) is 5.91 Å². The van der Waals surface area contributed by atoms with Crippen molar-refractivity contribution in [3.63, 3.8) is 0 Å². The third-order valence-corrected chi connectivity index (χ3v) is 6.18. The van der Waals surface area contributed by atoms with Crippen LogP contribution in [-0.2, 0) is 9.53 Å². The van der Waals surface area contributed by atoms with Crippen molar-refractivity contribution in [3.05, 3.63) is 46.6 Å². The maximum absolute atomic E-state index is 12.5. The van der Waals surface area contributed by atoms with Gasteiger partial charge in [0.15, 0.2) is 0 Å². The SMILES string of the molecule is CCOC(=O)c1c(NC(=O)CSc2ncnc3ccccc23)sc(C(N)=O)c1C. The highest BCUT2D eigenvalue weighted by atomic mass is 32.2. The van der Waals surface area contributed by atoms with Crippen LogP contribution < -0.4 is 11.1 Å². The second-order valence-corrected chi connectivity index (χ2v) is 7.86. The molecule has 0 fully saturated rings. The molecule has 0 radical (unpaired) electrons. The number of para-hydroxylation sites is 1. The quantitative estimate of drug-likeness (QED) is 0.335. The molecule has 3 N–H and O–H groups in total. The van der Waals surface area contributed by atoms with Crippen LogP contribution in [0.25, 0.3) is 10.9 Å². The molecule has 8 nitrogen and oxygen atoms in total. The Labute approximate surface area is 174 Å². The number of thioether (sulfide) groups is 1. The lowest BCUT2D eigenvalue weighted by Crippen LogP contribution is -2.16. The summed E-state index contributed by atoms with van der Waals surface area (Å²) < 4.78 is 5.04. The number of hydrogen-bond donors (Lipinski definition) is 2. The standard InChI is InChI=1S/C19H18N4O4S2/c1-3-27-19(26)14-10(2)15(16(20)25)29-18(14)23-13(24)8-28-17-11-6-4-5-7-12(11)21-9-22-17/h4-7,9H,3,8H2,1-2H3,(H2,20,25)(H,23,24). The lowest BCUT2D eigenvalue weighted by Gasteiger charge is -2.07. The molecule has 0 bridgehead atoms. The predicted molar refractivity (Wildman–Crippen MR) is 112 cm³/mol. The number of carbonyl (C=O) groups is 3. The minimum absolute atomic E-state index is 0.0616. The Balaban J connectivity index is 1.79. The summed E-state index contributed by atoms with van der Waals surface area (Å²) in [6, 6.07) is 7.51. The molecule has 2 amide bonds. The van der Waals surface area contributed by atoms with Gasteiger partial charge in [-0.3, -0.25) is 9.59 Å². The fourth-order valence-corrected chi connectivity index (χ4v) is 4.53. The molecule has 0 saturated heterocycles. The number of carbonyl (C=O) groups excluding carboxylic acids is 3. The Kier molecular flexibility index (Phi) is 6.45. The van der Waals surface area contributed by atoms with Crippen molar-refractivity contribution in [2.75, 3.05) is 17.7 Å². The number of benzene rings is 1. The highest BCUT2D eigenvalue weighted by Crippen LogP contribution is 2.34. The van der Waals surface area contributed by atoms with Crippen LogP contribution in [0, 0.1) is 6.92 Å². The molecule has 3 rings (SSSR count). The van der Waals surface area contributed by atoms with Crippen LogP contribution in [0.3, 0.4) is 0 Å². The number of nitrogens with two attached hydrogens (primary N) is 1. The van der Waals surface area contributed by atoms with Crippen molar-refractivity contribution in [2.24, 2.45) is 5.73 Å². The first kappa shape index (κ1) is 20.7. The van der Waals surface area contributed by atoms with E-state index in [-0.39, 0.29) is 33.7 Å². The van der Waals surface area contributed by atoms with E-state index in [1.54, 1.807) is 13.8 Å². The van der Waals surface area contributed by atoms with Gasteiger partial charge in [-0.25, -0.2) is 14.8 Å². The van der Waals surface area contributed by atoms with Gasteiger partial charge in [-0.2, -0.15) is 0 Å². The predicted octanol–water partition coefficient (Wildman–Crippen LogP) is 3.01. The molecule has 1 aromatic carbocycles. The van der Waals surface area contributed by atoms with Crippen LogP contribution in [-0.4, -0.2) is 40.1 Å². The molecular weight excluding hydrogens is 412 g/mol. The summed E-state index contributed by atoms with van der Waals surface area (Å²) in [6.45, 7) is 3.44. The van der Waals surface area contributed by atoms with Crippen LogP contribution in [0.15, 0.2) is 35.6 Å². The zero-order valence-corrected chi connectivity index (χ0v) is 17.4. The molecule has 0 unspecified atom stereocenters. The van der Waals surface area contributed by atoms with Crippen molar-refractivity contribution in [2.45, 2.75) is 18.9 Å². The van der Waals surface area contributed by atoms with Gasteiger partial charge in [0.2, 0.25) is 5.91 Å². The van der Waals surface area contributed by atoms with Crippen LogP contribution in [0.4, 0.5) is 5.00 Å². The first-order valence-corrected chi connectivity index (χ1v) is 10.4. The number of nitrogens with one attached hydrogen (secondary N) is 1. The van der Waals surface area contributed by atoms with E-state index in [2.05, 4.69) is 15.3 Å². The van der Waals surface area contributed by atoms with Crippen molar-refractivity contribution in [1.82, 2.24) is 9.97 Å². The molecule has 3 aromatic rings. The van der Waals surface area contributed by atoms with E-state index in [0.717, 1.165) is 22.2 Å². The number of aromatic nitrogens is 2. The number of primary amides is 1. The zero-order valence-electron chi connectivity index (χ0n) is 15.7. The molecule has 2 aromatic heterocycles. The van der Waals surface area contributed by atoms with Crippen molar-refractivity contribution >= 4 is 56.8 Å². The number of thiophene rings is 1. The van der Waals surface area contributed by atoms with E-state index >= 15 is 0 Å². The summed E-state index contributed by atoms with van der Waals surface area (Å²) >= 11 is 2.21. The summed E-state index contributed by atoms with van der Waals surface area (Å²) in [5, 5.41) is 4.46. The van der Waals surface area contributed by atoms with E-state index in [4.69, 9.17) is 10.5 Å². The molecule has 29 heavy (non-hydrogen) atoms. The molecule has 0 saturated carbocycles. The second kappa shape index (κ2) is 9.01. The number of esters is 1. The summed E-state index contributed by atoms with van der Waals surface area (Å²) in [7, 11) is 0. The minimum atomic E-state index is -0.666. The molecule has 0 atom stereocenters. The monoisotopic (exact) mass is 430 g/mol. The topological polar surface area (TPSA) is 124 Å². The minimum Gasteiger partial charge on any atom is -0.462 e. The van der Waals surface area contributed by atoms with Crippen LogP contribution in [0.5, 0.6) is 0 Å². The number of nitrogens with zero attached hydrogens (tertiary/aromatic N) is 2. The molecular formula is C19H18N4O4S2. The first-order chi connectivity index (χ1) is 13.9. The molecule has 0 aliphatic carbocycles. The average molecular weight is 431 g/mol. The summed E-state index contributed by atoms with van der Waals surface area (Å²) in [5.74, 6) is -1.56. The second-order valence-electron chi connectivity index (χ2n) is 5.88. The van der Waals surface area contributed by atoms with Gasteiger partial charge in [0.1, 0.15) is 16.4 Å². The first-order valence-electron chi connectivity index (χ1n) is 8.65. The average Bonchev–Trinajstić information content (AvgIpc) is 3.02. The number of ether oxygens (including phenoxy) is 1. The van der Waals surface area contributed by atoms with E-state index < -0.39 is 11.9 Å². The Morgan fingerprint density at radius 3 is 2.72 bits per heavy atom. The van der Waals surface area contributed by atoms with Gasteiger partial charge in [-0.1, -0.05) is 30.0 Å². The Morgan fingerprint density at radius 1 is 1.24 bits per heavy atom. The fraction of sp³-hybridized carbons (Fsp3) is 0.211. The van der Waals surface area contributed by atoms with Gasteiger partial charge < -0.3 is 15.8 Å². The molecule has 0 aliphatic heterocycles. The van der Waals surface area contributed by atoms with E-state index in [9.17, 15) is 14.4 Å². The van der Waals surface area contributed by atoms with E-state index in [1.165, 1.54) is 18.1 Å². The molecule has 150 valence electrons. The Morgan fingerprint density at radius 2 is 2.00 bits per heavy atom. The molecule has 10 heteroatoms. The smallest absolute Gasteiger partial charge is 0.341 e. The maximum Gasteiger partial charge on any atom is 0.341 e. The fourth-order valence-electron chi connectivity index (χ4n) is 2.68. The largest absolute Gasteiger partial charge is 0.462 e. The van der Waals surface area contributed by atoms with Gasteiger partial charge in [0.05, 0.1) is 28.3 Å². The number of rotatable bonds is 7. The summed E-state index contributed by atoms with van der Waals surface area (Å²) in [5.41, 5.74) is 6.71. The molecule has 0 spiro atoms. The maximum atomic E-state index is 12.5. The number of fused-ring (bicyclic) bond motifs is 1. The number of amides is 2. The van der Waals surface area contributed by atoms with Crippen molar-refractivity contribution in [3.8, 4) is 0 Å². The number of anilines is 1. The van der Waals surface area contributed by atoms with Crippen LogP contribution in [0.2, 0.25) is 0 Å². The van der Waals surface area contributed by atoms with E-state index in [0.29, 0.717) is 10.6 Å². The highest BCUT2D eigenvalue weighted by molar-refractivity contribution is 8.00. The van der Waals surface area contributed by atoms with Crippen LogP contribution in [0.1, 0.15) is 32.5 Å². The van der Waals surface area contributed by atoms with Gasteiger partial charge in [0, 0.05) is 5.39 Å². The van der Waals surface area contributed by atoms with Crippen molar-refractivity contribution < 1.29 is 19.1 Å². The van der Waals surface area contributed by atoms with Gasteiger partial charge >= 0.3 is 5.97 Å².